The van der Waals surface area contributed by atoms with Crippen molar-refractivity contribution in [2.75, 3.05) is 18.6 Å². The number of aliphatic carboxylic acids is 1. The number of hydrogen-bond acceptors (Lipinski definition) is 5. The lowest BCUT2D eigenvalue weighted by Gasteiger charge is -2.28. The van der Waals surface area contributed by atoms with Gasteiger partial charge in [0.2, 0.25) is 0 Å². The number of anilines is 1. The molecule has 0 radical (unpaired) electrons. The molecule has 7 nitrogen and oxygen atoms in total. The summed E-state index contributed by atoms with van der Waals surface area (Å²) in [7, 11) is 1.55. The van der Waals surface area contributed by atoms with Crippen molar-refractivity contribution in [3.05, 3.63) is 102 Å². The van der Waals surface area contributed by atoms with Crippen molar-refractivity contribution in [3.63, 3.8) is 0 Å². The molecule has 1 heterocycles. The van der Waals surface area contributed by atoms with Crippen LogP contribution in [0.3, 0.4) is 0 Å². The van der Waals surface area contributed by atoms with E-state index < -0.39 is 35.6 Å². The number of amides is 2. The van der Waals surface area contributed by atoms with Crippen LogP contribution in [0.2, 0.25) is 0 Å². The second-order valence-corrected chi connectivity index (χ2v) is 9.76. The average Bonchev–Trinajstić information content (AvgIpc) is 3.03. The second-order valence-electron chi connectivity index (χ2n) is 8.58. The molecule has 2 unspecified atom stereocenters. The monoisotopic (exact) mass is 512 g/mol. The van der Waals surface area contributed by atoms with Gasteiger partial charge in [-0.25, -0.2) is 0 Å². The molecule has 0 spiro atoms. The summed E-state index contributed by atoms with van der Waals surface area (Å²) in [5, 5.41) is 13.9. The van der Waals surface area contributed by atoms with Crippen LogP contribution in [0.4, 0.5) is 5.69 Å². The second kappa shape index (κ2) is 10.4. The fourth-order valence-electron chi connectivity index (χ4n) is 4.54. The first kappa shape index (κ1) is 24.4. The zero-order valence-electron chi connectivity index (χ0n) is 20.0. The van der Waals surface area contributed by atoms with E-state index in [1.54, 1.807) is 37.4 Å². The Morgan fingerprint density at radius 3 is 2.43 bits per heavy atom. The first-order valence-electron chi connectivity index (χ1n) is 11.7. The summed E-state index contributed by atoms with van der Waals surface area (Å²) in [5.74, 6) is -1.51. The van der Waals surface area contributed by atoms with Crippen LogP contribution in [0.15, 0.2) is 95.9 Å². The third kappa shape index (κ3) is 4.88. The predicted molar refractivity (Wildman–Crippen MR) is 143 cm³/mol. The highest BCUT2D eigenvalue weighted by Crippen LogP contribution is 2.47. The summed E-state index contributed by atoms with van der Waals surface area (Å²) in [6, 6.07) is 26.5. The van der Waals surface area contributed by atoms with Gasteiger partial charge in [0.15, 0.2) is 0 Å². The van der Waals surface area contributed by atoms with Crippen molar-refractivity contribution in [2.24, 2.45) is 0 Å². The number of hydrogen-bond donors (Lipinski definition) is 2. The van der Waals surface area contributed by atoms with Crippen LogP contribution in [-0.2, 0) is 9.59 Å². The molecule has 0 aliphatic carbocycles. The molecule has 2 amide bonds. The SMILES string of the molecule is COc1ccccc1C1Sc2ccccc2N(CC(=O)O)C(=O)C1NC(=O)c1ccc2ccccc2c1. The van der Waals surface area contributed by atoms with Gasteiger partial charge < -0.3 is 15.2 Å². The number of nitrogens with one attached hydrogen (secondary N) is 1. The minimum Gasteiger partial charge on any atom is -0.496 e. The quantitative estimate of drug-likeness (QED) is 0.381. The van der Waals surface area contributed by atoms with E-state index in [-0.39, 0.29) is 0 Å². The average molecular weight is 513 g/mol. The zero-order valence-corrected chi connectivity index (χ0v) is 20.8. The normalized spacial score (nSPS) is 17.1. The molecule has 8 heteroatoms. The third-order valence-corrected chi connectivity index (χ3v) is 7.66. The van der Waals surface area contributed by atoms with E-state index in [4.69, 9.17) is 4.74 Å². The van der Waals surface area contributed by atoms with Gasteiger partial charge in [0.05, 0.1) is 18.0 Å². The first-order chi connectivity index (χ1) is 18.0. The maximum absolute atomic E-state index is 14.0. The number of thioether (sulfide) groups is 1. The van der Waals surface area contributed by atoms with Gasteiger partial charge >= 0.3 is 5.97 Å². The molecular weight excluding hydrogens is 488 g/mol. The van der Waals surface area contributed by atoms with Gasteiger partial charge in [-0.1, -0.05) is 60.7 Å². The lowest BCUT2D eigenvalue weighted by atomic mass is 10.0. The fourth-order valence-corrected chi connectivity index (χ4v) is 5.91. The molecule has 5 rings (SSSR count). The standard InChI is InChI=1S/C29H24N2O5S/c1-36-23-12-6-4-10-21(23)27-26(30-28(34)20-15-14-18-8-2-3-9-19(18)16-20)29(35)31(17-25(32)33)22-11-5-7-13-24(22)37-27/h2-16,26-27H,17H2,1H3,(H,30,34)(H,32,33). The van der Waals surface area contributed by atoms with E-state index in [0.717, 1.165) is 21.2 Å². The molecule has 0 aromatic heterocycles. The summed E-state index contributed by atoms with van der Waals surface area (Å²) < 4.78 is 5.60. The number of carbonyl (C=O) groups excluding carboxylic acids is 2. The molecule has 1 aliphatic heterocycles. The van der Waals surface area contributed by atoms with Crippen LogP contribution >= 0.6 is 11.8 Å². The molecule has 2 atom stereocenters. The molecule has 1 aliphatic rings. The summed E-state index contributed by atoms with van der Waals surface area (Å²) in [6.07, 6.45) is 0. The largest absolute Gasteiger partial charge is 0.496 e. The van der Waals surface area contributed by atoms with E-state index >= 15 is 0 Å². The van der Waals surface area contributed by atoms with Gasteiger partial charge in [-0.2, -0.15) is 0 Å². The molecule has 0 saturated heterocycles. The predicted octanol–water partition coefficient (Wildman–Crippen LogP) is 4.91. The molecule has 0 saturated carbocycles. The smallest absolute Gasteiger partial charge is 0.323 e. The Kier molecular flexibility index (Phi) is 6.83. The Morgan fingerprint density at radius 1 is 0.946 bits per heavy atom. The maximum atomic E-state index is 14.0. The van der Waals surface area contributed by atoms with Crippen LogP contribution in [0, 0.1) is 0 Å². The fraction of sp³-hybridized carbons (Fsp3) is 0.138. The van der Waals surface area contributed by atoms with Crippen LogP contribution in [0.25, 0.3) is 10.8 Å². The highest BCUT2D eigenvalue weighted by Gasteiger charge is 2.41. The van der Waals surface area contributed by atoms with E-state index in [2.05, 4.69) is 5.32 Å². The van der Waals surface area contributed by atoms with Gasteiger partial charge in [0.1, 0.15) is 18.3 Å². The summed E-state index contributed by atoms with van der Waals surface area (Å²) >= 11 is 1.39. The minimum absolute atomic E-state index is 0.404. The number of para-hydroxylation sites is 2. The molecule has 186 valence electrons. The van der Waals surface area contributed by atoms with Crippen molar-refractivity contribution in [1.29, 1.82) is 0 Å². The number of carboxylic acids is 1. The summed E-state index contributed by atoms with van der Waals surface area (Å²) in [4.78, 5) is 41.2. The number of nitrogens with zero attached hydrogens (tertiary/aromatic N) is 1. The molecule has 37 heavy (non-hydrogen) atoms. The van der Waals surface area contributed by atoms with Crippen LogP contribution in [0.5, 0.6) is 5.75 Å². The Hall–Kier alpha value is -4.30. The van der Waals surface area contributed by atoms with Crippen molar-refractivity contribution in [2.45, 2.75) is 16.2 Å². The van der Waals surface area contributed by atoms with Gasteiger partial charge in [0, 0.05) is 16.0 Å². The highest BCUT2D eigenvalue weighted by molar-refractivity contribution is 7.99. The zero-order chi connectivity index (χ0) is 25.9. The Bertz CT molecular complexity index is 1500. The number of carbonyl (C=O) groups is 3. The molecular formula is C29H24N2O5S. The lowest BCUT2D eigenvalue weighted by Crippen LogP contribution is -2.51. The van der Waals surface area contributed by atoms with Gasteiger partial charge in [-0.05, 0) is 41.1 Å². The van der Waals surface area contributed by atoms with Crippen LogP contribution in [0.1, 0.15) is 21.2 Å². The van der Waals surface area contributed by atoms with E-state index in [1.807, 2.05) is 60.7 Å². The number of rotatable bonds is 6. The minimum atomic E-state index is -1.15. The van der Waals surface area contributed by atoms with Crippen LogP contribution in [-0.4, -0.2) is 42.6 Å². The van der Waals surface area contributed by atoms with Crippen molar-refractivity contribution in [1.82, 2.24) is 5.32 Å². The van der Waals surface area contributed by atoms with Gasteiger partial charge in [-0.15, -0.1) is 11.8 Å². The van der Waals surface area contributed by atoms with Gasteiger partial charge in [0.25, 0.3) is 11.8 Å². The summed E-state index contributed by atoms with van der Waals surface area (Å²) in [5.41, 5.74) is 1.61. The highest BCUT2D eigenvalue weighted by atomic mass is 32.2. The number of fused-ring (bicyclic) bond motifs is 2. The lowest BCUT2D eigenvalue weighted by molar-refractivity contribution is -0.136. The van der Waals surface area contributed by atoms with Crippen molar-refractivity contribution in [3.8, 4) is 5.75 Å². The van der Waals surface area contributed by atoms with E-state index in [9.17, 15) is 19.5 Å². The van der Waals surface area contributed by atoms with Gasteiger partial charge in [-0.3, -0.25) is 19.3 Å². The third-order valence-electron chi connectivity index (χ3n) is 6.28. The number of carboxylic acid groups (broad SMARTS) is 1. The summed E-state index contributed by atoms with van der Waals surface area (Å²) in [6.45, 7) is -0.530. The van der Waals surface area contributed by atoms with E-state index in [1.165, 1.54) is 16.7 Å². The maximum Gasteiger partial charge on any atom is 0.323 e. The molecule has 0 bridgehead atoms. The number of ether oxygens (including phenoxy) is 1. The first-order valence-corrected chi connectivity index (χ1v) is 12.6. The Balaban J connectivity index is 1.60. The Morgan fingerprint density at radius 2 is 1.65 bits per heavy atom. The number of methoxy groups -OCH3 is 1. The molecule has 4 aromatic carbocycles. The topological polar surface area (TPSA) is 95.9 Å². The van der Waals surface area contributed by atoms with E-state index in [0.29, 0.717) is 17.0 Å². The molecule has 2 N–H and O–H groups in total. The molecule has 0 fully saturated rings. The van der Waals surface area contributed by atoms with Crippen molar-refractivity contribution < 1.29 is 24.2 Å². The molecule has 4 aromatic rings. The van der Waals surface area contributed by atoms with Crippen molar-refractivity contribution >= 4 is 46.0 Å². The number of benzene rings is 4. The van der Waals surface area contributed by atoms with Crippen LogP contribution < -0.4 is 15.0 Å². The Labute approximate surface area is 218 Å².